The second kappa shape index (κ2) is 7.49. The van der Waals surface area contributed by atoms with Gasteiger partial charge in [-0.1, -0.05) is 48.5 Å². The molecule has 18 heavy (non-hydrogen) atoms. The number of methoxy groups -OCH3 is 1. The Bertz CT molecular complexity index is 216. The van der Waals surface area contributed by atoms with Crippen molar-refractivity contribution in [2.75, 3.05) is 33.4 Å². The summed E-state index contributed by atoms with van der Waals surface area (Å²) in [6.45, 7) is 20.4. The van der Waals surface area contributed by atoms with E-state index in [2.05, 4.69) is 53.4 Å². The maximum atomic E-state index is 5.60. The molecule has 0 spiro atoms. The van der Waals surface area contributed by atoms with Crippen LogP contribution in [0, 0.1) is 16.7 Å². The molecule has 0 radical (unpaired) electrons. The van der Waals surface area contributed by atoms with Crippen LogP contribution in [0.4, 0.5) is 0 Å². The first-order chi connectivity index (χ1) is 8.22. The fourth-order valence-corrected chi connectivity index (χ4v) is 2.86. The van der Waals surface area contributed by atoms with Crippen molar-refractivity contribution in [1.82, 2.24) is 4.90 Å². The molecule has 0 aromatic carbocycles. The molecule has 0 saturated heterocycles. The van der Waals surface area contributed by atoms with Gasteiger partial charge in [-0.2, -0.15) is 0 Å². The number of hydrogen-bond acceptors (Lipinski definition) is 2. The molecule has 0 amide bonds. The molecule has 0 saturated carbocycles. The summed E-state index contributed by atoms with van der Waals surface area (Å²) in [4.78, 5) is 2.53. The van der Waals surface area contributed by atoms with E-state index in [9.17, 15) is 0 Å². The van der Waals surface area contributed by atoms with Crippen LogP contribution in [-0.2, 0) is 4.74 Å². The van der Waals surface area contributed by atoms with Crippen LogP contribution in [0.2, 0.25) is 0 Å². The number of hydrogen-bond donors (Lipinski definition) is 0. The molecule has 0 fully saturated rings. The Morgan fingerprint density at radius 2 is 1.56 bits per heavy atom. The number of rotatable bonds is 8. The monoisotopic (exact) mass is 257 g/mol. The quantitative estimate of drug-likeness (QED) is 0.650. The van der Waals surface area contributed by atoms with Crippen molar-refractivity contribution in [3.05, 3.63) is 0 Å². The molecule has 1 unspecified atom stereocenters. The third-order valence-electron chi connectivity index (χ3n) is 4.23. The van der Waals surface area contributed by atoms with E-state index in [0.717, 1.165) is 26.2 Å². The van der Waals surface area contributed by atoms with Gasteiger partial charge in [-0.15, -0.1) is 0 Å². The van der Waals surface area contributed by atoms with Crippen LogP contribution in [0.1, 0.15) is 54.9 Å². The van der Waals surface area contributed by atoms with Gasteiger partial charge in [0.05, 0.1) is 6.61 Å². The maximum Gasteiger partial charge on any atom is 0.0536 e. The molecule has 0 aromatic rings. The molecule has 1 atom stereocenters. The highest BCUT2D eigenvalue weighted by atomic mass is 16.5. The Morgan fingerprint density at radius 3 is 1.83 bits per heavy atom. The van der Waals surface area contributed by atoms with Gasteiger partial charge in [0.2, 0.25) is 0 Å². The van der Waals surface area contributed by atoms with Gasteiger partial charge >= 0.3 is 0 Å². The Kier molecular flexibility index (Phi) is 7.46. The molecule has 0 aliphatic rings. The van der Waals surface area contributed by atoms with Gasteiger partial charge in [0.15, 0.2) is 0 Å². The van der Waals surface area contributed by atoms with Crippen LogP contribution in [0.15, 0.2) is 0 Å². The summed E-state index contributed by atoms with van der Waals surface area (Å²) in [7, 11) is 1.84. The van der Waals surface area contributed by atoms with Crippen molar-refractivity contribution >= 4 is 0 Å². The third-order valence-corrected chi connectivity index (χ3v) is 4.23. The molecular weight excluding hydrogens is 222 g/mol. The molecule has 2 heteroatoms. The van der Waals surface area contributed by atoms with Gasteiger partial charge in [-0.25, -0.2) is 0 Å². The van der Waals surface area contributed by atoms with E-state index in [1.807, 2.05) is 7.11 Å². The zero-order chi connectivity index (χ0) is 14.4. The predicted molar refractivity (Wildman–Crippen MR) is 81.0 cm³/mol. The van der Waals surface area contributed by atoms with Gasteiger partial charge in [0.1, 0.15) is 0 Å². The highest BCUT2D eigenvalue weighted by Gasteiger charge is 2.43. The van der Waals surface area contributed by atoms with Crippen LogP contribution in [0.25, 0.3) is 0 Å². The molecule has 2 nitrogen and oxygen atoms in total. The average Bonchev–Trinajstić information content (AvgIpc) is 2.23. The summed E-state index contributed by atoms with van der Waals surface area (Å²) in [5.74, 6) is 0.704. The normalized spacial score (nSPS) is 16.3. The van der Waals surface area contributed by atoms with Crippen LogP contribution in [0.5, 0.6) is 0 Å². The average molecular weight is 257 g/mol. The van der Waals surface area contributed by atoms with Gasteiger partial charge in [0, 0.05) is 19.1 Å². The zero-order valence-corrected chi connectivity index (χ0v) is 14.0. The highest BCUT2D eigenvalue weighted by molar-refractivity contribution is 4.93. The topological polar surface area (TPSA) is 12.5 Å². The Hall–Kier alpha value is -0.0800. The summed E-state index contributed by atoms with van der Waals surface area (Å²) in [6.07, 6.45) is 1.22. The van der Waals surface area contributed by atoms with Crippen molar-refractivity contribution < 1.29 is 4.74 Å². The van der Waals surface area contributed by atoms with E-state index in [1.54, 1.807) is 0 Å². The molecule has 0 N–H and O–H groups in total. The second-order valence-electron chi connectivity index (χ2n) is 7.02. The molecule has 0 heterocycles. The fraction of sp³-hybridized carbons (Fsp3) is 1.00. The number of ether oxygens (including phenoxy) is 1. The minimum absolute atomic E-state index is 0.238. The minimum atomic E-state index is 0.238. The SMILES string of the molecule is CCN(CC)CC(COC)(CC(C)C)C(C)(C)C. The first-order valence-electron chi connectivity index (χ1n) is 7.43. The molecule has 0 aliphatic heterocycles. The Balaban J connectivity index is 5.18. The lowest BCUT2D eigenvalue weighted by molar-refractivity contribution is -0.0456. The highest BCUT2D eigenvalue weighted by Crippen LogP contribution is 2.44. The van der Waals surface area contributed by atoms with Crippen molar-refractivity contribution in [3.8, 4) is 0 Å². The van der Waals surface area contributed by atoms with Gasteiger partial charge in [-0.3, -0.25) is 0 Å². The standard InChI is InChI=1S/C16H35NO/c1-9-17(10-2)12-16(13-18-8,11-14(3)4)15(5,6)7/h14H,9-13H2,1-8H3. The summed E-state index contributed by atoms with van der Waals surface area (Å²) >= 11 is 0. The predicted octanol–water partition coefficient (Wildman–Crippen LogP) is 4.05. The van der Waals surface area contributed by atoms with Gasteiger partial charge in [0.25, 0.3) is 0 Å². The van der Waals surface area contributed by atoms with E-state index >= 15 is 0 Å². The second-order valence-corrected chi connectivity index (χ2v) is 7.02. The minimum Gasteiger partial charge on any atom is -0.384 e. The smallest absolute Gasteiger partial charge is 0.0536 e. The summed E-state index contributed by atoms with van der Waals surface area (Å²) in [5, 5.41) is 0. The van der Waals surface area contributed by atoms with Crippen LogP contribution >= 0.6 is 0 Å². The molecule has 0 rings (SSSR count). The molecule has 0 aliphatic carbocycles. The number of nitrogens with zero attached hydrogens (tertiary/aromatic N) is 1. The maximum absolute atomic E-state index is 5.60. The van der Waals surface area contributed by atoms with Crippen molar-refractivity contribution in [2.45, 2.75) is 54.9 Å². The summed E-state index contributed by atoms with van der Waals surface area (Å²) < 4.78 is 5.60. The fourth-order valence-electron chi connectivity index (χ4n) is 2.86. The molecule has 110 valence electrons. The third kappa shape index (κ3) is 4.89. The van der Waals surface area contributed by atoms with Crippen LogP contribution in [0.3, 0.4) is 0 Å². The van der Waals surface area contributed by atoms with Crippen molar-refractivity contribution in [2.24, 2.45) is 16.7 Å². The first kappa shape index (κ1) is 17.9. The van der Waals surface area contributed by atoms with E-state index in [-0.39, 0.29) is 10.8 Å². The Labute approximate surface area is 115 Å². The summed E-state index contributed by atoms with van der Waals surface area (Å²) in [6, 6.07) is 0. The molecular formula is C16H35NO. The van der Waals surface area contributed by atoms with Gasteiger partial charge in [-0.05, 0) is 30.8 Å². The van der Waals surface area contributed by atoms with E-state index < -0.39 is 0 Å². The molecule has 0 bridgehead atoms. The largest absolute Gasteiger partial charge is 0.384 e. The Morgan fingerprint density at radius 1 is 1.06 bits per heavy atom. The van der Waals surface area contributed by atoms with Crippen molar-refractivity contribution in [1.29, 1.82) is 0 Å². The van der Waals surface area contributed by atoms with Crippen LogP contribution < -0.4 is 0 Å². The van der Waals surface area contributed by atoms with E-state index in [4.69, 9.17) is 4.74 Å². The lowest BCUT2D eigenvalue weighted by Gasteiger charge is -2.48. The lowest BCUT2D eigenvalue weighted by atomic mass is 9.63. The van der Waals surface area contributed by atoms with Crippen molar-refractivity contribution in [3.63, 3.8) is 0 Å². The van der Waals surface area contributed by atoms with Gasteiger partial charge < -0.3 is 9.64 Å². The first-order valence-corrected chi connectivity index (χ1v) is 7.43. The zero-order valence-electron chi connectivity index (χ0n) is 14.0. The van der Waals surface area contributed by atoms with Crippen LogP contribution in [-0.4, -0.2) is 38.3 Å². The summed E-state index contributed by atoms with van der Waals surface area (Å²) in [5.41, 5.74) is 0.498. The van der Waals surface area contributed by atoms with E-state index in [1.165, 1.54) is 6.42 Å². The lowest BCUT2D eigenvalue weighted by Crippen LogP contribution is -2.49. The van der Waals surface area contributed by atoms with E-state index in [0.29, 0.717) is 5.92 Å². The molecule has 0 aromatic heterocycles.